The standard InChI is InChI=1S/C18H18ClNO3/c1-11-6-12(2)8-15(7-11)20-18(22)10-23-17-5-4-14(19)9-16(17)13(3)21/h4-9H,10H2,1-3H3,(H,20,22). The van der Waals surface area contributed by atoms with Crippen molar-refractivity contribution in [1.82, 2.24) is 0 Å². The SMILES string of the molecule is CC(=O)c1cc(Cl)ccc1OCC(=O)Nc1cc(C)cc(C)c1. The van der Waals surface area contributed by atoms with E-state index >= 15 is 0 Å². The van der Waals surface area contributed by atoms with Crippen LogP contribution in [-0.4, -0.2) is 18.3 Å². The Kier molecular flexibility index (Phi) is 5.40. The summed E-state index contributed by atoms with van der Waals surface area (Å²) in [6.45, 7) is 5.17. The Hall–Kier alpha value is -2.33. The first-order chi connectivity index (χ1) is 10.8. The molecule has 0 saturated heterocycles. The summed E-state index contributed by atoms with van der Waals surface area (Å²) in [4.78, 5) is 23.6. The molecule has 0 aliphatic carbocycles. The minimum atomic E-state index is -0.292. The van der Waals surface area contributed by atoms with Crippen molar-refractivity contribution >= 4 is 29.0 Å². The van der Waals surface area contributed by atoms with E-state index in [1.165, 1.54) is 13.0 Å². The number of nitrogens with one attached hydrogen (secondary N) is 1. The monoisotopic (exact) mass is 331 g/mol. The third-order valence-electron chi connectivity index (χ3n) is 3.19. The molecule has 0 aliphatic rings. The zero-order valence-electron chi connectivity index (χ0n) is 13.3. The van der Waals surface area contributed by atoms with Crippen LogP contribution >= 0.6 is 11.6 Å². The molecule has 120 valence electrons. The molecule has 2 aromatic carbocycles. The summed E-state index contributed by atoms with van der Waals surface area (Å²) in [6.07, 6.45) is 0. The molecule has 1 N–H and O–H groups in total. The van der Waals surface area contributed by atoms with Crippen molar-refractivity contribution in [1.29, 1.82) is 0 Å². The summed E-state index contributed by atoms with van der Waals surface area (Å²) < 4.78 is 5.46. The number of carbonyl (C=O) groups excluding carboxylic acids is 2. The topological polar surface area (TPSA) is 55.4 Å². The van der Waals surface area contributed by atoms with Gasteiger partial charge in [-0.05, 0) is 62.2 Å². The molecule has 0 radical (unpaired) electrons. The second-order valence-corrected chi connectivity index (χ2v) is 5.85. The van der Waals surface area contributed by atoms with Crippen LogP contribution in [0.15, 0.2) is 36.4 Å². The molecular formula is C18H18ClNO3. The van der Waals surface area contributed by atoms with Crippen molar-refractivity contribution in [3.05, 3.63) is 58.1 Å². The number of hydrogen-bond acceptors (Lipinski definition) is 3. The van der Waals surface area contributed by atoms with Gasteiger partial charge in [0.05, 0.1) is 5.56 Å². The Balaban J connectivity index is 2.03. The third kappa shape index (κ3) is 4.83. The minimum absolute atomic E-state index is 0.169. The van der Waals surface area contributed by atoms with E-state index in [0.717, 1.165) is 16.8 Å². The fraction of sp³-hybridized carbons (Fsp3) is 0.222. The van der Waals surface area contributed by atoms with Crippen molar-refractivity contribution < 1.29 is 14.3 Å². The first kappa shape index (κ1) is 17.0. The summed E-state index contributed by atoms with van der Waals surface area (Å²) >= 11 is 5.87. The number of hydrogen-bond donors (Lipinski definition) is 1. The summed E-state index contributed by atoms with van der Waals surface area (Å²) in [5, 5.41) is 3.23. The number of rotatable bonds is 5. The molecule has 1 amide bonds. The largest absolute Gasteiger partial charge is 0.483 e. The van der Waals surface area contributed by atoms with Crippen LogP contribution in [0.5, 0.6) is 5.75 Å². The van der Waals surface area contributed by atoms with Gasteiger partial charge in [-0.15, -0.1) is 0 Å². The van der Waals surface area contributed by atoms with E-state index in [4.69, 9.17) is 16.3 Å². The lowest BCUT2D eigenvalue weighted by atomic mass is 10.1. The zero-order valence-corrected chi connectivity index (χ0v) is 14.0. The lowest BCUT2D eigenvalue weighted by molar-refractivity contribution is -0.118. The van der Waals surface area contributed by atoms with Crippen LogP contribution in [0.25, 0.3) is 0 Å². The summed E-state index contributed by atoms with van der Waals surface area (Å²) in [5.41, 5.74) is 3.21. The molecule has 0 bridgehead atoms. The molecule has 2 rings (SSSR count). The number of ether oxygens (including phenoxy) is 1. The number of benzene rings is 2. The molecule has 0 atom stereocenters. The number of halogens is 1. The van der Waals surface area contributed by atoms with Gasteiger partial charge >= 0.3 is 0 Å². The van der Waals surface area contributed by atoms with Crippen LogP contribution in [0.1, 0.15) is 28.4 Å². The Labute approximate surface area is 140 Å². The van der Waals surface area contributed by atoms with Gasteiger partial charge in [-0.3, -0.25) is 9.59 Å². The van der Waals surface area contributed by atoms with Crippen molar-refractivity contribution in [2.75, 3.05) is 11.9 Å². The lowest BCUT2D eigenvalue weighted by Gasteiger charge is -2.11. The maximum atomic E-state index is 12.0. The van der Waals surface area contributed by atoms with Crippen molar-refractivity contribution in [2.45, 2.75) is 20.8 Å². The number of carbonyl (C=O) groups is 2. The Morgan fingerprint density at radius 2 is 1.74 bits per heavy atom. The smallest absolute Gasteiger partial charge is 0.262 e. The molecule has 0 aromatic heterocycles. The second kappa shape index (κ2) is 7.29. The average Bonchev–Trinajstić information content (AvgIpc) is 2.44. The molecule has 0 saturated carbocycles. The minimum Gasteiger partial charge on any atom is -0.483 e. The molecular weight excluding hydrogens is 314 g/mol. The van der Waals surface area contributed by atoms with E-state index in [2.05, 4.69) is 5.32 Å². The zero-order chi connectivity index (χ0) is 17.0. The van der Waals surface area contributed by atoms with E-state index in [9.17, 15) is 9.59 Å². The fourth-order valence-electron chi connectivity index (χ4n) is 2.29. The van der Waals surface area contributed by atoms with Gasteiger partial charge < -0.3 is 10.1 Å². The highest BCUT2D eigenvalue weighted by atomic mass is 35.5. The molecule has 0 spiro atoms. The molecule has 0 aliphatic heterocycles. The van der Waals surface area contributed by atoms with Gasteiger partial charge in [-0.2, -0.15) is 0 Å². The fourth-order valence-corrected chi connectivity index (χ4v) is 2.46. The maximum absolute atomic E-state index is 12.0. The van der Waals surface area contributed by atoms with Gasteiger partial charge in [-0.1, -0.05) is 17.7 Å². The molecule has 0 unspecified atom stereocenters. The normalized spacial score (nSPS) is 10.3. The van der Waals surface area contributed by atoms with E-state index in [1.807, 2.05) is 32.0 Å². The predicted octanol–water partition coefficient (Wildman–Crippen LogP) is 4.18. The summed E-state index contributed by atoms with van der Waals surface area (Å²) in [5.74, 6) is -0.117. The van der Waals surface area contributed by atoms with Crippen LogP contribution in [0, 0.1) is 13.8 Å². The van der Waals surface area contributed by atoms with Crippen LogP contribution in [0.2, 0.25) is 5.02 Å². The Morgan fingerprint density at radius 3 is 2.35 bits per heavy atom. The van der Waals surface area contributed by atoms with Crippen LogP contribution in [-0.2, 0) is 4.79 Å². The number of amides is 1. The summed E-state index contributed by atoms with van der Waals surface area (Å²) in [7, 11) is 0. The van der Waals surface area contributed by atoms with E-state index in [1.54, 1.807) is 12.1 Å². The van der Waals surface area contributed by atoms with Crippen molar-refractivity contribution in [3.63, 3.8) is 0 Å². The highest BCUT2D eigenvalue weighted by Gasteiger charge is 2.11. The van der Waals surface area contributed by atoms with Gasteiger partial charge in [-0.25, -0.2) is 0 Å². The quantitative estimate of drug-likeness (QED) is 0.836. The molecule has 0 heterocycles. The van der Waals surface area contributed by atoms with Gasteiger partial charge in [0.25, 0.3) is 5.91 Å². The van der Waals surface area contributed by atoms with Crippen LogP contribution in [0.4, 0.5) is 5.69 Å². The molecule has 23 heavy (non-hydrogen) atoms. The average molecular weight is 332 g/mol. The van der Waals surface area contributed by atoms with E-state index in [0.29, 0.717) is 16.3 Å². The molecule has 4 nitrogen and oxygen atoms in total. The van der Waals surface area contributed by atoms with Crippen molar-refractivity contribution in [2.24, 2.45) is 0 Å². The third-order valence-corrected chi connectivity index (χ3v) is 3.42. The highest BCUT2D eigenvalue weighted by Crippen LogP contribution is 2.23. The Bertz CT molecular complexity index is 736. The molecule has 2 aromatic rings. The first-order valence-corrected chi connectivity index (χ1v) is 7.54. The highest BCUT2D eigenvalue weighted by molar-refractivity contribution is 6.31. The van der Waals surface area contributed by atoms with E-state index in [-0.39, 0.29) is 18.3 Å². The molecule has 5 heteroatoms. The van der Waals surface area contributed by atoms with Crippen molar-refractivity contribution in [3.8, 4) is 5.75 Å². The Morgan fingerprint density at radius 1 is 1.09 bits per heavy atom. The van der Waals surface area contributed by atoms with Crippen LogP contribution < -0.4 is 10.1 Å². The first-order valence-electron chi connectivity index (χ1n) is 7.16. The number of ketones is 1. The number of aryl methyl sites for hydroxylation is 2. The summed E-state index contributed by atoms with van der Waals surface area (Å²) in [6, 6.07) is 10.5. The maximum Gasteiger partial charge on any atom is 0.262 e. The van der Waals surface area contributed by atoms with Gasteiger partial charge in [0.15, 0.2) is 12.4 Å². The van der Waals surface area contributed by atoms with Gasteiger partial charge in [0.2, 0.25) is 0 Å². The second-order valence-electron chi connectivity index (χ2n) is 5.41. The number of anilines is 1. The lowest BCUT2D eigenvalue weighted by Crippen LogP contribution is -2.20. The predicted molar refractivity (Wildman–Crippen MR) is 91.5 cm³/mol. The van der Waals surface area contributed by atoms with E-state index < -0.39 is 0 Å². The number of Topliss-reactive ketones (excluding diaryl/α,β-unsaturated/α-hetero) is 1. The van der Waals surface area contributed by atoms with Gasteiger partial charge in [0.1, 0.15) is 5.75 Å². The van der Waals surface area contributed by atoms with Crippen LogP contribution in [0.3, 0.4) is 0 Å². The van der Waals surface area contributed by atoms with Gasteiger partial charge in [0, 0.05) is 10.7 Å². The molecule has 0 fully saturated rings.